The predicted octanol–water partition coefficient (Wildman–Crippen LogP) is 0.244. The van der Waals surface area contributed by atoms with Crippen LogP contribution in [0.5, 0.6) is 0 Å². The molecule has 0 amide bonds. The highest BCUT2D eigenvalue weighted by molar-refractivity contribution is 7.89. The summed E-state index contributed by atoms with van der Waals surface area (Å²) >= 11 is 6.27. The minimum absolute atomic E-state index is 0.157. The fraction of sp³-hybridized carbons (Fsp3) is 0.611. The third kappa shape index (κ3) is 5.47. The number of nitrogens with one attached hydrogen (secondary N) is 3. The number of hydrogen-bond acceptors (Lipinski definition) is 10. The number of hydrogen-bond donors (Lipinski definition) is 4. The highest BCUT2D eigenvalue weighted by Gasteiger charge is 2.49. The SMILES string of the molecule is Cn1cc(Nc2ncc(Cl)c(NC3COC4C(NS(=O)(=O)CC(C)(C)O)COC34)n2)cn1. The lowest BCUT2D eigenvalue weighted by Crippen LogP contribution is -2.48. The van der Waals surface area contributed by atoms with Crippen LogP contribution >= 0.6 is 11.6 Å². The van der Waals surface area contributed by atoms with E-state index in [9.17, 15) is 13.5 Å². The molecule has 4 N–H and O–H groups in total. The molecule has 12 nitrogen and oxygen atoms in total. The van der Waals surface area contributed by atoms with Gasteiger partial charge in [-0.3, -0.25) is 4.68 Å². The number of aryl methyl sites for hydroxylation is 1. The van der Waals surface area contributed by atoms with Gasteiger partial charge in [-0.05, 0) is 13.8 Å². The Morgan fingerprint density at radius 3 is 2.59 bits per heavy atom. The smallest absolute Gasteiger partial charge is 0.229 e. The summed E-state index contributed by atoms with van der Waals surface area (Å²) in [5.41, 5.74) is -0.623. The second-order valence-corrected chi connectivity index (χ2v) is 10.7. The van der Waals surface area contributed by atoms with Gasteiger partial charge in [-0.2, -0.15) is 10.1 Å². The Bertz CT molecular complexity index is 1070. The van der Waals surface area contributed by atoms with E-state index in [-0.39, 0.29) is 19.3 Å². The van der Waals surface area contributed by atoms with Crippen LogP contribution in [-0.2, 0) is 26.5 Å². The molecule has 32 heavy (non-hydrogen) atoms. The van der Waals surface area contributed by atoms with Gasteiger partial charge in [0, 0.05) is 13.2 Å². The molecule has 176 valence electrons. The predicted molar refractivity (Wildman–Crippen MR) is 117 cm³/mol. The summed E-state index contributed by atoms with van der Waals surface area (Å²) in [7, 11) is -1.91. The lowest BCUT2D eigenvalue weighted by atomic mass is 10.1. The van der Waals surface area contributed by atoms with E-state index in [0.717, 1.165) is 5.69 Å². The molecule has 2 saturated heterocycles. The first-order valence-corrected chi connectivity index (χ1v) is 12.0. The number of aliphatic hydroxyl groups is 1. The van der Waals surface area contributed by atoms with Crippen LogP contribution in [0.1, 0.15) is 13.8 Å². The maximum absolute atomic E-state index is 12.4. The van der Waals surface area contributed by atoms with Crippen LogP contribution in [0.25, 0.3) is 0 Å². The highest BCUT2D eigenvalue weighted by Crippen LogP contribution is 2.31. The van der Waals surface area contributed by atoms with Crippen molar-refractivity contribution >= 4 is 39.1 Å². The van der Waals surface area contributed by atoms with Crippen LogP contribution in [-0.4, -0.2) is 82.1 Å². The van der Waals surface area contributed by atoms with E-state index in [0.29, 0.717) is 16.8 Å². The average Bonchev–Trinajstić information content (AvgIpc) is 3.35. The number of rotatable bonds is 8. The van der Waals surface area contributed by atoms with Gasteiger partial charge in [0.1, 0.15) is 17.2 Å². The number of halogens is 1. The van der Waals surface area contributed by atoms with Gasteiger partial charge in [0.15, 0.2) is 5.82 Å². The summed E-state index contributed by atoms with van der Waals surface area (Å²) in [5.74, 6) is 0.320. The minimum atomic E-state index is -3.72. The van der Waals surface area contributed by atoms with Crippen LogP contribution in [0.15, 0.2) is 18.6 Å². The van der Waals surface area contributed by atoms with Crippen LogP contribution in [0, 0.1) is 0 Å². The molecule has 2 aliphatic heterocycles. The van der Waals surface area contributed by atoms with E-state index in [1.165, 1.54) is 20.0 Å². The molecule has 0 radical (unpaired) electrons. The van der Waals surface area contributed by atoms with Crippen molar-refractivity contribution in [2.75, 3.05) is 29.6 Å². The zero-order chi connectivity index (χ0) is 23.1. The number of ether oxygens (including phenoxy) is 2. The molecule has 4 heterocycles. The van der Waals surface area contributed by atoms with Gasteiger partial charge in [-0.1, -0.05) is 11.6 Å². The minimum Gasteiger partial charge on any atom is -0.389 e. The van der Waals surface area contributed by atoms with Gasteiger partial charge in [0.25, 0.3) is 0 Å². The molecule has 2 aromatic heterocycles. The molecule has 4 rings (SSSR count). The first-order valence-electron chi connectivity index (χ1n) is 9.99. The normalized spacial score (nSPS) is 25.7. The largest absolute Gasteiger partial charge is 0.389 e. The maximum atomic E-state index is 12.4. The lowest BCUT2D eigenvalue weighted by molar-refractivity contribution is 0.0689. The molecule has 0 aromatic carbocycles. The fourth-order valence-electron chi connectivity index (χ4n) is 3.78. The molecule has 0 aliphatic carbocycles. The Labute approximate surface area is 190 Å². The number of fused-ring (bicyclic) bond motifs is 1. The molecule has 2 aliphatic rings. The summed E-state index contributed by atoms with van der Waals surface area (Å²) in [4.78, 5) is 8.60. The second-order valence-electron chi connectivity index (χ2n) is 8.56. The number of aromatic nitrogens is 4. The van der Waals surface area contributed by atoms with Crippen molar-refractivity contribution in [1.82, 2.24) is 24.5 Å². The molecule has 4 unspecified atom stereocenters. The summed E-state index contributed by atoms with van der Waals surface area (Å²) in [6.07, 6.45) is 4.03. The summed E-state index contributed by atoms with van der Waals surface area (Å²) in [5, 5.41) is 20.5. The van der Waals surface area contributed by atoms with Crippen molar-refractivity contribution in [2.45, 2.75) is 43.7 Å². The van der Waals surface area contributed by atoms with Gasteiger partial charge in [-0.15, -0.1) is 0 Å². The molecule has 0 spiro atoms. The van der Waals surface area contributed by atoms with E-state index in [2.05, 4.69) is 30.4 Å². The van der Waals surface area contributed by atoms with Crippen molar-refractivity contribution in [3.63, 3.8) is 0 Å². The van der Waals surface area contributed by atoms with Gasteiger partial charge in [0.05, 0.1) is 54.7 Å². The molecular weight excluding hydrogens is 462 g/mol. The molecule has 2 aromatic rings. The van der Waals surface area contributed by atoms with Crippen LogP contribution in [0.3, 0.4) is 0 Å². The monoisotopic (exact) mass is 487 g/mol. The number of nitrogens with zero attached hydrogens (tertiary/aromatic N) is 4. The summed E-state index contributed by atoms with van der Waals surface area (Å²) < 4.78 is 40.6. The van der Waals surface area contributed by atoms with E-state index < -0.39 is 39.6 Å². The topological polar surface area (TPSA) is 153 Å². The molecular formula is C18H26ClN7O5S. The van der Waals surface area contributed by atoms with E-state index in [1.54, 1.807) is 24.1 Å². The third-order valence-corrected chi connectivity index (χ3v) is 6.98. The van der Waals surface area contributed by atoms with Crippen molar-refractivity contribution < 1.29 is 23.0 Å². The number of sulfonamides is 1. The Balaban J connectivity index is 1.41. The maximum Gasteiger partial charge on any atom is 0.229 e. The third-order valence-electron chi connectivity index (χ3n) is 4.95. The van der Waals surface area contributed by atoms with Crippen LogP contribution in [0.2, 0.25) is 5.02 Å². The molecule has 0 bridgehead atoms. The summed E-state index contributed by atoms with van der Waals surface area (Å²) in [6, 6.07) is -0.842. The molecule has 4 atom stereocenters. The van der Waals surface area contributed by atoms with Crippen molar-refractivity contribution in [2.24, 2.45) is 7.05 Å². The average molecular weight is 488 g/mol. The fourth-order valence-corrected chi connectivity index (χ4v) is 5.60. The Morgan fingerprint density at radius 2 is 1.94 bits per heavy atom. The van der Waals surface area contributed by atoms with Gasteiger partial charge < -0.3 is 25.2 Å². The van der Waals surface area contributed by atoms with E-state index in [4.69, 9.17) is 21.1 Å². The van der Waals surface area contributed by atoms with E-state index in [1.807, 2.05) is 0 Å². The van der Waals surface area contributed by atoms with E-state index >= 15 is 0 Å². The molecule has 14 heteroatoms. The zero-order valence-corrected chi connectivity index (χ0v) is 19.4. The lowest BCUT2D eigenvalue weighted by Gasteiger charge is -2.21. The first-order chi connectivity index (χ1) is 15.0. The standard InChI is InChI=1S/C18H26ClN7O5S/c1-18(2,27)9-32(28,29)25-13-8-31-14-12(7-30-15(13)14)23-16-11(19)5-20-17(24-16)22-10-4-21-26(3)6-10/h4-6,12-15,25,27H,7-9H2,1-3H3,(H2,20,22,23,24). The first kappa shape index (κ1) is 23.1. The highest BCUT2D eigenvalue weighted by atomic mass is 35.5. The van der Waals surface area contributed by atoms with Crippen molar-refractivity contribution in [3.8, 4) is 0 Å². The zero-order valence-electron chi connectivity index (χ0n) is 17.8. The van der Waals surface area contributed by atoms with Gasteiger partial charge in [0.2, 0.25) is 16.0 Å². The number of anilines is 3. The Hall–Kier alpha value is -2.03. The van der Waals surface area contributed by atoms with Crippen LogP contribution < -0.4 is 15.4 Å². The molecule has 2 fully saturated rings. The Morgan fingerprint density at radius 1 is 1.25 bits per heavy atom. The quantitative estimate of drug-likeness (QED) is 0.407. The Kier molecular flexibility index (Phi) is 6.31. The molecule has 0 saturated carbocycles. The second kappa shape index (κ2) is 8.72. The van der Waals surface area contributed by atoms with Gasteiger partial charge in [-0.25, -0.2) is 18.1 Å². The van der Waals surface area contributed by atoms with Gasteiger partial charge >= 0.3 is 0 Å². The summed E-state index contributed by atoms with van der Waals surface area (Å²) in [6.45, 7) is 3.32. The van der Waals surface area contributed by atoms with Crippen molar-refractivity contribution in [3.05, 3.63) is 23.6 Å². The van der Waals surface area contributed by atoms with Crippen molar-refractivity contribution in [1.29, 1.82) is 0 Å². The van der Waals surface area contributed by atoms with Crippen LogP contribution in [0.4, 0.5) is 17.5 Å².